The van der Waals surface area contributed by atoms with Crippen molar-refractivity contribution in [3.8, 4) is 0 Å². The van der Waals surface area contributed by atoms with Crippen molar-refractivity contribution in [1.29, 1.82) is 0 Å². The van der Waals surface area contributed by atoms with E-state index in [0.29, 0.717) is 11.6 Å². The molecule has 3 N–H and O–H groups in total. The molecule has 1 rings (SSSR count). The highest BCUT2D eigenvalue weighted by molar-refractivity contribution is 6.30. The van der Waals surface area contributed by atoms with Crippen molar-refractivity contribution in [1.82, 2.24) is 5.32 Å². The van der Waals surface area contributed by atoms with Crippen LogP contribution in [0, 0.1) is 5.82 Å². The summed E-state index contributed by atoms with van der Waals surface area (Å²) in [5, 5.41) is 3.36. The second-order valence-electron chi connectivity index (χ2n) is 4.18. The molecule has 0 saturated heterocycles. The van der Waals surface area contributed by atoms with E-state index >= 15 is 0 Å². The predicted octanol–water partition coefficient (Wildman–Crippen LogP) is 2.05. The number of nitrogens with one attached hydrogen (secondary N) is 1. The van der Waals surface area contributed by atoms with Gasteiger partial charge < -0.3 is 11.1 Å². The van der Waals surface area contributed by atoms with Gasteiger partial charge in [0.1, 0.15) is 5.82 Å². The van der Waals surface area contributed by atoms with Gasteiger partial charge in [-0.3, -0.25) is 4.79 Å². The average Bonchev–Trinajstić information content (AvgIpc) is 2.20. The Hall–Kier alpha value is -1.13. The minimum atomic E-state index is -0.685. The molecular weight excluding hydrogens is 243 g/mol. The van der Waals surface area contributed by atoms with Gasteiger partial charge in [0.05, 0.1) is 5.92 Å². The molecule has 17 heavy (non-hydrogen) atoms. The maximum absolute atomic E-state index is 13.7. The highest BCUT2D eigenvalue weighted by atomic mass is 35.5. The highest BCUT2D eigenvalue weighted by Gasteiger charge is 2.21. The molecule has 1 atom stereocenters. The van der Waals surface area contributed by atoms with Crippen LogP contribution in [-0.2, 0) is 4.79 Å². The first-order valence-electron chi connectivity index (χ1n) is 5.39. The SMILES string of the molecule is CC(C)NCC(C(N)=O)c1ccc(Cl)cc1F. The zero-order valence-corrected chi connectivity index (χ0v) is 10.6. The summed E-state index contributed by atoms with van der Waals surface area (Å²) in [6, 6.07) is 4.43. The molecule has 0 fully saturated rings. The van der Waals surface area contributed by atoms with Crippen molar-refractivity contribution < 1.29 is 9.18 Å². The summed E-state index contributed by atoms with van der Waals surface area (Å²) in [5.41, 5.74) is 5.56. The standard InChI is InChI=1S/C12H16ClFN2O/c1-7(2)16-6-10(12(15)17)9-4-3-8(13)5-11(9)14/h3-5,7,10,16H,6H2,1-2H3,(H2,15,17). The number of rotatable bonds is 5. The van der Waals surface area contributed by atoms with Gasteiger partial charge in [0.2, 0.25) is 5.91 Å². The summed E-state index contributed by atoms with van der Waals surface area (Å²) in [6.07, 6.45) is 0. The first kappa shape index (κ1) is 13.9. The molecule has 1 aromatic rings. The van der Waals surface area contributed by atoms with Crippen LogP contribution in [-0.4, -0.2) is 18.5 Å². The molecule has 0 aliphatic rings. The van der Waals surface area contributed by atoms with Gasteiger partial charge in [-0.2, -0.15) is 0 Å². The zero-order valence-electron chi connectivity index (χ0n) is 9.84. The molecule has 1 aromatic carbocycles. The lowest BCUT2D eigenvalue weighted by Crippen LogP contribution is -2.35. The van der Waals surface area contributed by atoms with Crippen LogP contribution in [0.3, 0.4) is 0 Å². The number of nitrogens with two attached hydrogens (primary N) is 1. The van der Waals surface area contributed by atoms with E-state index in [1.54, 1.807) is 6.07 Å². The Morgan fingerprint density at radius 1 is 1.53 bits per heavy atom. The summed E-state index contributed by atoms with van der Waals surface area (Å²) in [6.45, 7) is 4.19. The van der Waals surface area contributed by atoms with E-state index in [1.807, 2.05) is 13.8 Å². The number of halogens is 2. The van der Waals surface area contributed by atoms with Crippen molar-refractivity contribution in [2.24, 2.45) is 5.73 Å². The van der Waals surface area contributed by atoms with Crippen LogP contribution < -0.4 is 11.1 Å². The van der Waals surface area contributed by atoms with Gasteiger partial charge in [0, 0.05) is 23.2 Å². The monoisotopic (exact) mass is 258 g/mol. The molecule has 0 radical (unpaired) electrons. The fourth-order valence-electron chi connectivity index (χ4n) is 1.50. The normalized spacial score (nSPS) is 12.8. The molecule has 0 heterocycles. The number of hydrogen-bond donors (Lipinski definition) is 2. The molecule has 0 aliphatic carbocycles. The van der Waals surface area contributed by atoms with Crippen LogP contribution in [0.4, 0.5) is 4.39 Å². The Labute approximate surface area is 105 Å². The van der Waals surface area contributed by atoms with E-state index in [2.05, 4.69) is 5.32 Å². The van der Waals surface area contributed by atoms with E-state index < -0.39 is 17.6 Å². The second-order valence-corrected chi connectivity index (χ2v) is 4.62. The van der Waals surface area contributed by atoms with Gasteiger partial charge in [-0.15, -0.1) is 0 Å². The maximum atomic E-state index is 13.7. The third kappa shape index (κ3) is 3.98. The number of carbonyl (C=O) groups is 1. The fraction of sp³-hybridized carbons (Fsp3) is 0.417. The van der Waals surface area contributed by atoms with Gasteiger partial charge in [-0.05, 0) is 12.1 Å². The summed E-state index contributed by atoms with van der Waals surface area (Å²) in [4.78, 5) is 11.3. The molecule has 94 valence electrons. The molecule has 5 heteroatoms. The van der Waals surface area contributed by atoms with Crippen molar-refractivity contribution in [3.05, 3.63) is 34.6 Å². The third-order valence-corrected chi connectivity index (χ3v) is 2.65. The summed E-state index contributed by atoms with van der Waals surface area (Å²) >= 11 is 5.66. The van der Waals surface area contributed by atoms with Crippen molar-refractivity contribution in [2.45, 2.75) is 25.8 Å². The lowest BCUT2D eigenvalue weighted by Gasteiger charge is -2.17. The molecular formula is C12H16ClFN2O. The first-order chi connectivity index (χ1) is 7.91. The summed E-state index contributed by atoms with van der Waals surface area (Å²) in [5.74, 6) is -1.75. The summed E-state index contributed by atoms with van der Waals surface area (Å²) in [7, 11) is 0. The molecule has 1 amide bonds. The lowest BCUT2D eigenvalue weighted by atomic mass is 9.97. The highest BCUT2D eigenvalue weighted by Crippen LogP contribution is 2.22. The third-order valence-electron chi connectivity index (χ3n) is 2.41. The quantitative estimate of drug-likeness (QED) is 0.849. The Bertz CT molecular complexity index is 409. The molecule has 0 spiro atoms. The smallest absolute Gasteiger partial charge is 0.226 e. The van der Waals surface area contributed by atoms with Crippen molar-refractivity contribution in [3.63, 3.8) is 0 Å². The topological polar surface area (TPSA) is 55.1 Å². The molecule has 0 aliphatic heterocycles. The largest absolute Gasteiger partial charge is 0.369 e. The molecule has 1 unspecified atom stereocenters. The Morgan fingerprint density at radius 3 is 2.65 bits per heavy atom. The van der Waals surface area contributed by atoms with Crippen LogP contribution >= 0.6 is 11.6 Å². The fourth-order valence-corrected chi connectivity index (χ4v) is 1.66. The van der Waals surface area contributed by atoms with E-state index in [-0.39, 0.29) is 11.6 Å². The Morgan fingerprint density at radius 2 is 2.18 bits per heavy atom. The van der Waals surface area contributed by atoms with Gasteiger partial charge >= 0.3 is 0 Å². The summed E-state index contributed by atoms with van der Waals surface area (Å²) < 4.78 is 13.7. The van der Waals surface area contributed by atoms with E-state index in [4.69, 9.17) is 17.3 Å². The molecule has 0 saturated carbocycles. The van der Waals surface area contributed by atoms with Crippen molar-refractivity contribution >= 4 is 17.5 Å². The maximum Gasteiger partial charge on any atom is 0.226 e. The minimum Gasteiger partial charge on any atom is -0.369 e. The molecule has 3 nitrogen and oxygen atoms in total. The average molecular weight is 259 g/mol. The van der Waals surface area contributed by atoms with Crippen LogP contribution in [0.2, 0.25) is 5.02 Å². The number of amides is 1. The van der Waals surface area contributed by atoms with Gasteiger partial charge in [0.25, 0.3) is 0 Å². The van der Waals surface area contributed by atoms with Crippen LogP contribution in [0.5, 0.6) is 0 Å². The molecule has 0 bridgehead atoms. The predicted molar refractivity (Wildman–Crippen MR) is 66.5 cm³/mol. The molecule has 0 aromatic heterocycles. The minimum absolute atomic E-state index is 0.201. The second kappa shape index (κ2) is 5.98. The number of hydrogen-bond acceptors (Lipinski definition) is 2. The van der Waals surface area contributed by atoms with Gasteiger partial charge in [-0.1, -0.05) is 31.5 Å². The zero-order chi connectivity index (χ0) is 13.0. The van der Waals surface area contributed by atoms with Crippen molar-refractivity contribution in [2.75, 3.05) is 6.54 Å². The van der Waals surface area contributed by atoms with Gasteiger partial charge in [-0.25, -0.2) is 4.39 Å². The van der Waals surface area contributed by atoms with Crippen LogP contribution in [0.25, 0.3) is 0 Å². The number of primary amides is 1. The number of benzene rings is 1. The van der Waals surface area contributed by atoms with E-state index in [1.165, 1.54) is 12.1 Å². The Balaban J connectivity index is 2.93. The first-order valence-corrected chi connectivity index (χ1v) is 5.77. The number of carbonyl (C=O) groups excluding carboxylic acids is 1. The van der Waals surface area contributed by atoms with Gasteiger partial charge in [0.15, 0.2) is 0 Å². The lowest BCUT2D eigenvalue weighted by molar-refractivity contribution is -0.119. The van der Waals surface area contributed by atoms with E-state index in [9.17, 15) is 9.18 Å². The van der Waals surface area contributed by atoms with Crippen LogP contribution in [0.15, 0.2) is 18.2 Å². The Kier molecular flexibility index (Phi) is 4.90. The van der Waals surface area contributed by atoms with Crippen LogP contribution in [0.1, 0.15) is 25.3 Å². The van der Waals surface area contributed by atoms with E-state index in [0.717, 1.165) is 0 Å².